The van der Waals surface area contributed by atoms with Gasteiger partial charge in [0, 0.05) is 5.88 Å². The van der Waals surface area contributed by atoms with E-state index in [0.29, 0.717) is 17.9 Å². The second-order valence-electron chi connectivity index (χ2n) is 3.32. The molecule has 5 heteroatoms. The molecule has 1 aromatic carbocycles. The molecule has 0 heterocycles. The molecule has 86 valence electrons. The second-order valence-corrected chi connectivity index (χ2v) is 3.70. The van der Waals surface area contributed by atoms with Crippen molar-refractivity contribution >= 4 is 23.5 Å². The number of alkyl halides is 1. The standard InChI is InChI=1S/C11H11ClO4/c1-6-8(10(13)14)3-2-7(4-5-12)9(6)11(15)16/h2-3H,4-5H2,1H3,(H,13,14)(H,15,16). The van der Waals surface area contributed by atoms with Crippen LogP contribution in [-0.4, -0.2) is 28.0 Å². The molecule has 0 saturated carbocycles. The van der Waals surface area contributed by atoms with Crippen LogP contribution in [0.5, 0.6) is 0 Å². The molecule has 4 nitrogen and oxygen atoms in total. The summed E-state index contributed by atoms with van der Waals surface area (Å²) in [5.74, 6) is -1.95. The quantitative estimate of drug-likeness (QED) is 0.794. The van der Waals surface area contributed by atoms with Gasteiger partial charge in [0.05, 0.1) is 11.1 Å². The third kappa shape index (κ3) is 2.33. The summed E-state index contributed by atoms with van der Waals surface area (Å²) in [6, 6.07) is 2.91. The summed E-state index contributed by atoms with van der Waals surface area (Å²) in [6.45, 7) is 1.49. The van der Waals surface area contributed by atoms with Gasteiger partial charge in [0.15, 0.2) is 0 Å². The van der Waals surface area contributed by atoms with Gasteiger partial charge in [-0.2, -0.15) is 0 Å². The largest absolute Gasteiger partial charge is 0.478 e. The summed E-state index contributed by atoms with van der Waals surface area (Å²) in [5.41, 5.74) is 0.879. The molecule has 1 aromatic rings. The van der Waals surface area contributed by atoms with Crippen molar-refractivity contribution < 1.29 is 19.8 Å². The van der Waals surface area contributed by atoms with Gasteiger partial charge < -0.3 is 10.2 Å². The molecule has 0 aliphatic heterocycles. The summed E-state index contributed by atoms with van der Waals surface area (Å²) in [7, 11) is 0. The van der Waals surface area contributed by atoms with Crippen molar-refractivity contribution in [1.29, 1.82) is 0 Å². The predicted molar refractivity (Wildman–Crippen MR) is 59.5 cm³/mol. The van der Waals surface area contributed by atoms with E-state index >= 15 is 0 Å². The molecule has 0 amide bonds. The first kappa shape index (κ1) is 12.5. The van der Waals surface area contributed by atoms with Gasteiger partial charge in [-0.1, -0.05) is 6.07 Å². The lowest BCUT2D eigenvalue weighted by atomic mass is 9.95. The molecule has 0 aliphatic carbocycles. The van der Waals surface area contributed by atoms with Crippen LogP contribution < -0.4 is 0 Å². The van der Waals surface area contributed by atoms with Crippen molar-refractivity contribution in [2.75, 3.05) is 5.88 Å². The fourth-order valence-electron chi connectivity index (χ4n) is 1.61. The molecule has 0 aromatic heterocycles. The number of halogens is 1. The highest BCUT2D eigenvalue weighted by molar-refractivity contribution is 6.18. The minimum Gasteiger partial charge on any atom is -0.478 e. The number of hydrogen-bond acceptors (Lipinski definition) is 2. The molecule has 0 spiro atoms. The zero-order valence-corrected chi connectivity index (χ0v) is 9.41. The van der Waals surface area contributed by atoms with Gasteiger partial charge in [-0.15, -0.1) is 11.6 Å². The molecule has 0 saturated heterocycles. The fraction of sp³-hybridized carbons (Fsp3) is 0.273. The van der Waals surface area contributed by atoms with Crippen LogP contribution in [0, 0.1) is 6.92 Å². The lowest BCUT2D eigenvalue weighted by molar-refractivity contribution is 0.0695. The van der Waals surface area contributed by atoms with Gasteiger partial charge in [-0.05, 0) is 30.5 Å². The lowest BCUT2D eigenvalue weighted by Gasteiger charge is -2.10. The van der Waals surface area contributed by atoms with Gasteiger partial charge in [0.1, 0.15) is 0 Å². The molecule has 0 fully saturated rings. The first-order valence-electron chi connectivity index (χ1n) is 4.64. The number of benzene rings is 1. The van der Waals surface area contributed by atoms with Crippen molar-refractivity contribution in [3.8, 4) is 0 Å². The van der Waals surface area contributed by atoms with Gasteiger partial charge in [0.25, 0.3) is 0 Å². The van der Waals surface area contributed by atoms with Crippen molar-refractivity contribution in [2.24, 2.45) is 0 Å². The second kappa shape index (κ2) is 4.99. The van der Waals surface area contributed by atoms with E-state index in [2.05, 4.69) is 0 Å². The van der Waals surface area contributed by atoms with E-state index in [4.69, 9.17) is 21.8 Å². The Hall–Kier alpha value is -1.55. The minimum absolute atomic E-state index is 0.00993. The third-order valence-corrected chi connectivity index (χ3v) is 2.55. The molecule has 0 bridgehead atoms. The van der Waals surface area contributed by atoms with Crippen molar-refractivity contribution in [3.63, 3.8) is 0 Å². The van der Waals surface area contributed by atoms with Gasteiger partial charge in [-0.25, -0.2) is 9.59 Å². The molecule has 16 heavy (non-hydrogen) atoms. The van der Waals surface area contributed by atoms with Crippen LogP contribution in [0.3, 0.4) is 0 Å². The highest BCUT2D eigenvalue weighted by Gasteiger charge is 2.18. The highest BCUT2D eigenvalue weighted by atomic mass is 35.5. The number of hydrogen-bond donors (Lipinski definition) is 2. The monoisotopic (exact) mass is 242 g/mol. The zero-order chi connectivity index (χ0) is 12.3. The minimum atomic E-state index is -1.13. The third-order valence-electron chi connectivity index (χ3n) is 2.36. The van der Waals surface area contributed by atoms with Crippen LogP contribution in [0.4, 0.5) is 0 Å². The summed E-state index contributed by atoms with van der Waals surface area (Å²) in [4.78, 5) is 21.9. The van der Waals surface area contributed by atoms with Gasteiger partial charge in [-0.3, -0.25) is 0 Å². The molecule has 1 rings (SSSR count). The fourth-order valence-corrected chi connectivity index (χ4v) is 1.81. The Bertz CT molecular complexity index is 440. The molecular weight excluding hydrogens is 232 g/mol. The number of rotatable bonds is 4. The Morgan fingerprint density at radius 1 is 1.25 bits per heavy atom. The van der Waals surface area contributed by atoms with E-state index in [1.807, 2.05) is 0 Å². The molecule has 0 atom stereocenters. The molecule has 2 N–H and O–H groups in total. The predicted octanol–water partition coefficient (Wildman–Crippen LogP) is 2.17. The number of aromatic carboxylic acids is 2. The Labute approximate surface area is 97.5 Å². The molecule has 0 aliphatic rings. The van der Waals surface area contributed by atoms with Crippen LogP contribution in [-0.2, 0) is 6.42 Å². The van der Waals surface area contributed by atoms with Crippen molar-refractivity contribution in [2.45, 2.75) is 13.3 Å². The first-order valence-corrected chi connectivity index (χ1v) is 5.17. The average molecular weight is 243 g/mol. The van der Waals surface area contributed by atoms with E-state index in [1.165, 1.54) is 19.1 Å². The summed E-state index contributed by atoms with van der Waals surface area (Å²) < 4.78 is 0. The molecule has 0 unspecified atom stereocenters. The molecular formula is C11H11ClO4. The smallest absolute Gasteiger partial charge is 0.336 e. The normalized spacial score (nSPS) is 10.1. The maximum Gasteiger partial charge on any atom is 0.336 e. The Morgan fingerprint density at radius 3 is 2.31 bits per heavy atom. The SMILES string of the molecule is Cc1c(C(=O)O)ccc(CCCl)c1C(=O)O. The number of carboxylic acids is 2. The topological polar surface area (TPSA) is 74.6 Å². The van der Waals surface area contributed by atoms with Gasteiger partial charge in [0.2, 0.25) is 0 Å². The van der Waals surface area contributed by atoms with Crippen LogP contribution in [0.2, 0.25) is 0 Å². The Kier molecular flexibility index (Phi) is 3.90. The number of aryl methyl sites for hydroxylation is 1. The van der Waals surface area contributed by atoms with Crippen molar-refractivity contribution in [3.05, 3.63) is 34.4 Å². The van der Waals surface area contributed by atoms with E-state index in [1.54, 1.807) is 0 Å². The van der Waals surface area contributed by atoms with E-state index in [-0.39, 0.29) is 16.7 Å². The van der Waals surface area contributed by atoms with Crippen molar-refractivity contribution in [1.82, 2.24) is 0 Å². The first-order chi connectivity index (χ1) is 7.49. The summed E-state index contributed by atoms with van der Waals surface area (Å²) in [6.07, 6.45) is 0.407. The maximum absolute atomic E-state index is 11.1. The maximum atomic E-state index is 11.1. The number of carboxylic acid groups (broad SMARTS) is 2. The lowest BCUT2D eigenvalue weighted by Crippen LogP contribution is -2.11. The van der Waals surface area contributed by atoms with E-state index < -0.39 is 11.9 Å². The average Bonchev–Trinajstić information content (AvgIpc) is 2.17. The Balaban J connectivity index is 3.41. The highest BCUT2D eigenvalue weighted by Crippen LogP contribution is 2.20. The summed E-state index contributed by atoms with van der Waals surface area (Å²) in [5, 5.41) is 17.9. The van der Waals surface area contributed by atoms with Crippen LogP contribution in [0.1, 0.15) is 31.8 Å². The van der Waals surface area contributed by atoms with Gasteiger partial charge >= 0.3 is 11.9 Å². The molecule has 0 radical (unpaired) electrons. The summed E-state index contributed by atoms with van der Waals surface area (Å²) >= 11 is 5.56. The van der Waals surface area contributed by atoms with E-state index in [0.717, 1.165) is 0 Å². The number of carbonyl (C=O) groups is 2. The Morgan fingerprint density at radius 2 is 1.88 bits per heavy atom. The zero-order valence-electron chi connectivity index (χ0n) is 8.66. The van der Waals surface area contributed by atoms with Crippen LogP contribution in [0.15, 0.2) is 12.1 Å². The van der Waals surface area contributed by atoms with Crippen LogP contribution in [0.25, 0.3) is 0 Å². The van der Waals surface area contributed by atoms with Crippen LogP contribution >= 0.6 is 11.6 Å². The van der Waals surface area contributed by atoms with E-state index in [9.17, 15) is 9.59 Å².